The second kappa shape index (κ2) is 10.8. The van der Waals surface area contributed by atoms with E-state index in [0.717, 1.165) is 11.1 Å². The minimum Gasteiger partial charge on any atom is -0.465 e. The molecule has 5 nitrogen and oxygen atoms in total. The third-order valence-electron chi connectivity index (χ3n) is 6.08. The second-order valence-electron chi connectivity index (χ2n) is 12.4. The number of rotatable bonds is 7. The van der Waals surface area contributed by atoms with Crippen LogP contribution in [0.5, 0.6) is 0 Å². The zero-order valence-electron chi connectivity index (χ0n) is 22.5. The van der Waals surface area contributed by atoms with Crippen molar-refractivity contribution < 1.29 is 19.4 Å². The molecule has 2 atom stereocenters. The second-order valence-corrected chi connectivity index (χ2v) is 21.9. The normalized spacial score (nSPS) is 14.8. The highest BCUT2D eigenvalue weighted by Crippen LogP contribution is 2.38. The van der Waals surface area contributed by atoms with Gasteiger partial charge in [-0.15, -0.1) is 5.54 Å². The Bertz CT molecular complexity index is 867. The molecule has 0 fully saturated rings. The van der Waals surface area contributed by atoms with Crippen LogP contribution in [0.3, 0.4) is 0 Å². The lowest BCUT2D eigenvalue weighted by molar-refractivity contribution is -0.00930. The molecule has 0 unspecified atom stereocenters. The number of nitrogens with zero attached hydrogens (tertiary/aromatic N) is 1. The molecule has 1 aromatic carbocycles. The van der Waals surface area contributed by atoms with E-state index >= 15 is 0 Å². The largest absolute Gasteiger partial charge is 0.465 e. The number of amides is 1. The van der Waals surface area contributed by atoms with Gasteiger partial charge in [0.15, 0.2) is 8.32 Å². The van der Waals surface area contributed by atoms with Crippen LogP contribution < -0.4 is 0 Å². The Morgan fingerprint density at radius 1 is 1.09 bits per heavy atom. The van der Waals surface area contributed by atoms with Crippen LogP contribution in [0.4, 0.5) is 4.79 Å². The van der Waals surface area contributed by atoms with Gasteiger partial charge in [0.1, 0.15) is 8.07 Å². The summed E-state index contributed by atoms with van der Waals surface area (Å²) >= 11 is 0. The third kappa shape index (κ3) is 8.93. The minimum atomic E-state index is -2.25. The van der Waals surface area contributed by atoms with Crippen LogP contribution in [0.2, 0.25) is 37.8 Å². The van der Waals surface area contributed by atoms with Crippen LogP contribution in [0.15, 0.2) is 24.3 Å². The van der Waals surface area contributed by atoms with E-state index in [9.17, 15) is 15.0 Å². The van der Waals surface area contributed by atoms with Crippen LogP contribution in [0.25, 0.3) is 0 Å². The van der Waals surface area contributed by atoms with Gasteiger partial charge >= 0.3 is 6.09 Å². The van der Waals surface area contributed by atoms with E-state index in [1.54, 1.807) is 0 Å². The van der Waals surface area contributed by atoms with Gasteiger partial charge in [0.05, 0.1) is 18.8 Å². The van der Waals surface area contributed by atoms with E-state index in [1.807, 2.05) is 45.0 Å². The summed E-state index contributed by atoms with van der Waals surface area (Å²) in [6, 6.07) is 7.44. The van der Waals surface area contributed by atoms with Crippen LogP contribution >= 0.6 is 0 Å². The van der Waals surface area contributed by atoms with Gasteiger partial charge in [-0.2, -0.15) is 0 Å². The van der Waals surface area contributed by atoms with E-state index in [2.05, 4.69) is 65.0 Å². The average molecular weight is 492 g/mol. The molecule has 186 valence electrons. The minimum absolute atomic E-state index is 0.0624. The van der Waals surface area contributed by atoms with Gasteiger partial charge < -0.3 is 14.6 Å². The van der Waals surface area contributed by atoms with E-state index in [1.165, 1.54) is 4.90 Å². The summed E-state index contributed by atoms with van der Waals surface area (Å²) in [7, 11) is -3.76. The quantitative estimate of drug-likeness (QED) is 0.363. The standard InChI is InChI=1S/C26H45NO4Si2/c1-25(2,3)27(24(29)30)22(23(19-28)31-33(10,11)26(4,5)6)18-21-14-12-13-20(17-21)15-16-32(7,8)9/h12-14,17,22-23,28H,18-19H2,1-11H3,(H,29,30)/t22-,23+/m0/s1. The Balaban J connectivity index is 3.48. The summed E-state index contributed by atoms with van der Waals surface area (Å²) in [4.78, 5) is 13.9. The fourth-order valence-corrected chi connectivity index (χ4v) is 5.25. The molecular weight excluding hydrogens is 446 g/mol. The molecule has 1 aromatic rings. The van der Waals surface area contributed by atoms with E-state index < -0.39 is 40.2 Å². The number of benzene rings is 1. The molecule has 0 bridgehead atoms. The van der Waals surface area contributed by atoms with E-state index in [0.29, 0.717) is 6.42 Å². The molecule has 0 saturated heterocycles. The number of carbonyl (C=O) groups is 1. The molecule has 1 rings (SSSR count). The summed E-state index contributed by atoms with van der Waals surface area (Å²) in [5.74, 6) is 3.29. The molecule has 0 radical (unpaired) electrons. The molecule has 0 aromatic heterocycles. The highest BCUT2D eigenvalue weighted by Gasteiger charge is 2.44. The lowest BCUT2D eigenvalue weighted by Gasteiger charge is -2.46. The van der Waals surface area contributed by atoms with Crippen molar-refractivity contribution in [1.29, 1.82) is 0 Å². The average Bonchev–Trinajstić information content (AvgIpc) is 2.61. The van der Waals surface area contributed by atoms with Crippen molar-refractivity contribution in [1.82, 2.24) is 4.90 Å². The number of hydrogen-bond acceptors (Lipinski definition) is 3. The topological polar surface area (TPSA) is 70.0 Å². The van der Waals surface area contributed by atoms with Gasteiger partial charge in [0, 0.05) is 11.1 Å². The molecule has 0 spiro atoms. The lowest BCUT2D eigenvalue weighted by Crippen LogP contribution is -2.60. The van der Waals surface area contributed by atoms with Crippen molar-refractivity contribution in [3.05, 3.63) is 35.4 Å². The highest BCUT2D eigenvalue weighted by atomic mass is 28.4. The summed E-state index contributed by atoms with van der Waals surface area (Å²) in [5, 5.41) is 20.5. The number of aliphatic hydroxyl groups excluding tert-OH is 1. The van der Waals surface area contributed by atoms with Crippen molar-refractivity contribution in [3.63, 3.8) is 0 Å². The monoisotopic (exact) mass is 491 g/mol. The predicted octanol–water partition coefficient (Wildman–Crippen LogP) is 5.99. The maximum absolute atomic E-state index is 12.4. The summed E-state index contributed by atoms with van der Waals surface area (Å²) < 4.78 is 6.60. The molecule has 2 N–H and O–H groups in total. The van der Waals surface area contributed by atoms with Gasteiger partial charge in [-0.05, 0) is 63.0 Å². The first-order chi connectivity index (χ1) is 14.8. The molecular formula is C26H45NO4Si2. The lowest BCUT2D eigenvalue weighted by atomic mass is 9.94. The van der Waals surface area contributed by atoms with Gasteiger partial charge in [0.2, 0.25) is 0 Å². The Labute approximate surface area is 203 Å². The maximum Gasteiger partial charge on any atom is 0.408 e. The Kier molecular flexibility index (Phi) is 9.61. The molecule has 0 saturated carbocycles. The van der Waals surface area contributed by atoms with Gasteiger partial charge in [-0.3, -0.25) is 4.90 Å². The van der Waals surface area contributed by atoms with Crippen molar-refractivity contribution in [2.75, 3.05) is 6.61 Å². The SMILES string of the molecule is CC(C)(C)N(C(=O)O)[C@@H](Cc1cccc(C#C[Si](C)(C)C)c1)[C@@H](CO)O[Si](C)(C)C(C)(C)C. The van der Waals surface area contributed by atoms with Crippen LogP contribution in [-0.2, 0) is 10.8 Å². The fourth-order valence-electron chi connectivity index (χ4n) is 3.39. The van der Waals surface area contributed by atoms with Crippen LogP contribution in [0.1, 0.15) is 52.7 Å². The molecule has 0 aliphatic carbocycles. The fraction of sp³-hybridized carbons (Fsp3) is 0.654. The summed E-state index contributed by atoms with van der Waals surface area (Å²) in [6.07, 6.45) is -1.20. The van der Waals surface area contributed by atoms with Crippen LogP contribution in [-0.4, -0.2) is 61.9 Å². The Morgan fingerprint density at radius 2 is 1.67 bits per heavy atom. The zero-order valence-corrected chi connectivity index (χ0v) is 24.5. The number of aliphatic hydroxyl groups is 1. The maximum atomic E-state index is 12.4. The summed E-state index contributed by atoms with van der Waals surface area (Å²) in [6.45, 7) is 22.7. The van der Waals surface area contributed by atoms with Crippen molar-refractivity contribution in [2.24, 2.45) is 0 Å². The molecule has 0 aliphatic rings. The first kappa shape index (κ1) is 29.4. The number of carboxylic acid groups (broad SMARTS) is 1. The van der Waals surface area contributed by atoms with Gasteiger partial charge in [-0.1, -0.05) is 58.5 Å². The smallest absolute Gasteiger partial charge is 0.408 e. The third-order valence-corrected chi connectivity index (χ3v) is 11.5. The molecule has 0 heterocycles. The van der Waals surface area contributed by atoms with Crippen molar-refractivity contribution in [2.45, 2.75) is 103 Å². The zero-order chi connectivity index (χ0) is 25.8. The Hall–Kier alpha value is -1.60. The Morgan fingerprint density at radius 3 is 2.09 bits per heavy atom. The van der Waals surface area contributed by atoms with E-state index in [4.69, 9.17) is 4.43 Å². The van der Waals surface area contributed by atoms with Crippen molar-refractivity contribution in [3.8, 4) is 11.5 Å². The summed E-state index contributed by atoms with van der Waals surface area (Å²) in [5.41, 5.74) is 4.64. The number of hydrogen-bond donors (Lipinski definition) is 2. The predicted molar refractivity (Wildman–Crippen MR) is 143 cm³/mol. The van der Waals surface area contributed by atoms with Crippen LogP contribution in [0, 0.1) is 11.5 Å². The first-order valence-corrected chi connectivity index (χ1v) is 18.1. The van der Waals surface area contributed by atoms with Crippen molar-refractivity contribution >= 4 is 22.5 Å². The van der Waals surface area contributed by atoms with E-state index in [-0.39, 0.29) is 11.6 Å². The highest BCUT2D eigenvalue weighted by molar-refractivity contribution is 6.83. The molecule has 0 aliphatic heterocycles. The molecule has 1 amide bonds. The molecule has 7 heteroatoms. The van der Waals surface area contributed by atoms with Gasteiger partial charge in [-0.25, -0.2) is 4.79 Å². The first-order valence-electron chi connectivity index (χ1n) is 11.7. The van der Waals surface area contributed by atoms with Gasteiger partial charge in [0.25, 0.3) is 0 Å². The molecule has 33 heavy (non-hydrogen) atoms.